The molecule has 0 aliphatic carbocycles. The van der Waals surface area contributed by atoms with E-state index in [0.29, 0.717) is 6.04 Å². The first-order valence-electron chi connectivity index (χ1n) is 6.98. The first-order valence-corrected chi connectivity index (χ1v) is 6.98. The zero-order valence-corrected chi connectivity index (χ0v) is 12.3. The van der Waals surface area contributed by atoms with Crippen LogP contribution in [0, 0.1) is 5.92 Å². The molecule has 0 aliphatic heterocycles. The Morgan fingerprint density at radius 3 is 2.28 bits per heavy atom. The number of nitrogens with zero attached hydrogens (tertiary/aromatic N) is 1. The van der Waals surface area contributed by atoms with Crippen LogP contribution in [0.2, 0.25) is 0 Å². The molecule has 0 heterocycles. The zero-order chi connectivity index (χ0) is 13.5. The average Bonchev–Trinajstić information content (AvgIpc) is 2.29. The van der Waals surface area contributed by atoms with E-state index in [1.54, 1.807) is 0 Å². The molecule has 2 atom stereocenters. The van der Waals surface area contributed by atoms with E-state index < -0.39 is 0 Å². The summed E-state index contributed by atoms with van der Waals surface area (Å²) in [6.07, 6.45) is 2.19. The third kappa shape index (κ3) is 5.65. The fourth-order valence-corrected chi connectivity index (χ4v) is 2.39. The molecule has 2 heteroatoms. The van der Waals surface area contributed by atoms with Crippen LogP contribution in [0.25, 0.3) is 0 Å². The van der Waals surface area contributed by atoms with Gasteiger partial charge in [-0.3, -0.25) is 0 Å². The highest BCUT2D eigenvalue weighted by Gasteiger charge is 2.14. The smallest absolute Gasteiger partial charge is 0.0208 e. The summed E-state index contributed by atoms with van der Waals surface area (Å²) in [6, 6.07) is 11.3. The maximum absolute atomic E-state index is 6.23. The summed E-state index contributed by atoms with van der Waals surface area (Å²) in [5.74, 6) is 0.743. The fourth-order valence-electron chi connectivity index (χ4n) is 2.39. The lowest BCUT2D eigenvalue weighted by atomic mass is 10.0. The van der Waals surface area contributed by atoms with Crippen molar-refractivity contribution in [2.45, 2.75) is 45.7 Å². The summed E-state index contributed by atoms with van der Waals surface area (Å²) in [7, 11) is 2.18. The van der Waals surface area contributed by atoms with Crippen LogP contribution >= 0.6 is 0 Å². The number of likely N-dealkylation sites (N-methyl/N-ethyl adjacent to an activating group) is 1. The molecule has 1 aromatic carbocycles. The Labute approximate surface area is 112 Å². The molecule has 2 N–H and O–H groups in total. The minimum Gasteiger partial charge on any atom is -0.326 e. The molecular weight excluding hydrogens is 220 g/mol. The zero-order valence-electron chi connectivity index (χ0n) is 12.3. The van der Waals surface area contributed by atoms with E-state index in [1.807, 2.05) is 6.07 Å². The standard InChI is InChI=1S/C16H28N2/c1-13(2)10-14(3)18(4)12-16(17)11-15-8-6-5-7-9-15/h5-9,13-14,16H,10-12,17H2,1-4H3. The van der Waals surface area contributed by atoms with Crippen LogP contribution in [0.4, 0.5) is 0 Å². The summed E-state index contributed by atoms with van der Waals surface area (Å²) < 4.78 is 0. The second kappa shape index (κ2) is 7.55. The second-order valence-corrected chi connectivity index (χ2v) is 5.87. The van der Waals surface area contributed by atoms with Gasteiger partial charge in [0, 0.05) is 18.6 Å². The molecule has 0 aromatic heterocycles. The van der Waals surface area contributed by atoms with Crippen molar-refractivity contribution in [3.63, 3.8) is 0 Å². The minimum absolute atomic E-state index is 0.215. The van der Waals surface area contributed by atoms with Gasteiger partial charge in [0.05, 0.1) is 0 Å². The molecular formula is C16H28N2. The number of benzene rings is 1. The van der Waals surface area contributed by atoms with E-state index in [2.05, 4.69) is 57.0 Å². The van der Waals surface area contributed by atoms with Gasteiger partial charge in [-0.2, -0.15) is 0 Å². The van der Waals surface area contributed by atoms with Crippen LogP contribution in [0.1, 0.15) is 32.8 Å². The van der Waals surface area contributed by atoms with Crippen molar-refractivity contribution in [2.75, 3.05) is 13.6 Å². The summed E-state index contributed by atoms with van der Waals surface area (Å²) in [5, 5.41) is 0. The molecule has 2 nitrogen and oxygen atoms in total. The Kier molecular flexibility index (Phi) is 6.37. The molecule has 1 aromatic rings. The Morgan fingerprint density at radius 2 is 1.72 bits per heavy atom. The van der Waals surface area contributed by atoms with Gasteiger partial charge < -0.3 is 10.6 Å². The first kappa shape index (κ1) is 15.2. The van der Waals surface area contributed by atoms with Crippen molar-refractivity contribution < 1.29 is 0 Å². The third-order valence-corrected chi connectivity index (χ3v) is 3.43. The molecule has 1 rings (SSSR count). The van der Waals surface area contributed by atoms with Gasteiger partial charge in [0.2, 0.25) is 0 Å². The molecule has 0 aliphatic rings. The lowest BCUT2D eigenvalue weighted by Crippen LogP contribution is -2.41. The number of rotatable bonds is 7. The average molecular weight is 248 g/mol. The van der Waals surface area contributed by atoms with Gasteiger partial charge in [-0.05, 0) is 38.3 Å². The van der Waals surface area contributed by atoms with Gasteiger partial charge in [0.15, 0.2) is 0 Å². The fraction of sp³-hybridized carbons (Fsp3) is 0.625. The molecule has 0 saturated heterocycles. The van der Waals surface area contributed by atoms with Crippen molar-refractivity contribution in [1.29, 1.82) is 0 Å². The van der Waals surface area contributed by atoms with Crippen molar-refractivity contribution in [1.82, 2.24) is 4.90 Å². The molecule has 0 saturated carbocycles. The largest absolute Gasteiger partial charge is 0.326 e. The Hall–Kier alpha value is -0.860. The van der Waals surface area contributed by atoms with Crippen molar-refractivity contribution in [3.05, 3.63) is 35.9 Å². The van der Waals surface area contributed by atoms with Gasteiger partial charge >= 0.3 is 0 Å². The molecule has 0 fully saturated rings. The van der Waals surface area contributed by atoms with Crippen LogP contribution in [-0.4, -0.2) is 30.6 Å². The predicted octanol–water partition coefficient (Wildman–Crippen LogP) is 2.92. The van der Waals surface area contributed by atoms with Gasteiger partial charge in [0.25, 0.3) is 0 Å². The van der Waals surface area contributed by atoms with Crippen LogP contribution in [0.15, 0.2) is 30.3 Å². The van der Waals surface area contributed by atoms with Gasteiger partial charge in [0.1, 0.15) is 0 Å². The molecule has 2 unspecified atom stereocenters. The summed E-state index contributed by atoms with van der Waals surface area (Å²) in [5.41, 5.74) is 7.56. The van der Waals surface area contributed by atoms with Gasteiger partial charge in [-0.25, -0.2) is 0 Å². The van der Waals surface area contributed by atoms with Crippen LogP contribution < -0.4 is 5.73 Å². The molecule has 0 radical (unpaired) electrons. The molecule has 0 amide bonds. The summed E-state index contributed by atoms with van der Waals surface area (Å²) >= 11 is 0. The highest BCUT2D eigenvalue weighted by Crippen LogP contribution is 2.10. The van der Waals surface area contributed by atoms with E-state index >= 15 is 0 Å². The minimum atomic E-state index is 0.215. The normalized spacial score (nSPS) is 15.1. The Morgan fingerprint density at radius 1 is 1.11 bits per heavy atom. The Balaban J connectivity index is 2.37. The maximum Gasteiger partial charge on any atom is 0.0208 e. The summed E-state index contributed by atoms with van der Waals surface area (Å²) in [4.78, 5) is 2.38. The van der Waals surface area contributed by atoms with Crippen LogP contribution in [0.3, 0.4) is 0 Å². The van der Waals surface area contributed by atoms with Crippen LogP contribution in [0.5, 0.6) is 0 Å². The SMILES string of the molecule is CC(C)CC(C)N(C)CC(N)Cc1ccccc1. The van der Waals surface area contributed by atoms with Gasteiger partial charge in [-0.1, -0.05) is 44.2 Å². The second-order valence-electron chi connectivity index (χ2n) is 5.87. The number of nitrogens with two attached hydrogens (primary N) is 1. The van der Waals surface area contributed by atoms with Crippen molar-refractivity contribution >= 4 is 0 Å². The highest BCUT2D eigenvalue weighted by atomic mass is 15.1. The van der Waals surface area contributed by atoms with E-state index in [1.165, 1.54) is 12.0 Å². The first-order chi connectivity index (χ1) is 8.49. The summed E-state index contributed by atoms with van der Waals surface area (Å²) in [6.45, 7) is 7.79. The van der Waals surface area contributed by atoms with Crippen LogP contribution in [-0.2, 0) is 6.42 Å². The third-order valence-electron chi connectivity index (χ3n) is 3.43. The molecule has 0 spiro atoms. The van der Waals surface area contributed by atoms with E-state index in [0.717, 1.165) is 18.9 Å². The van der Waals surface area contributed by atoms with Gasteiger partial charge in [-0.15, -0.1) is 0 Å². The van der Waals surface area contributed by atoms with Crippen molar-refractivity contribution in [2.24, 2.45) is 11.7 Å². The lowest BCUT2D eigenvalue weighted by Gasteiger charge is -2.28. The molecule has 0 bridgehead atoms. The highest BCUT2D eigenvalue weighted by molar-refractivity contribution is 5.15. The topological polar surface area (TPSA) is 29.3 Å². The quantitative estimate of drug-likeness (QED) is 0.804. The molecule has 102 valence electrons. The number of hydrogen-bond donors (Lipinski definition) is 1. The van der Waals surface area contributed by atoms with Crippen molar-refractivity contribution in [3.8, 4) is 0 Å². The maximum atomic E-state index is 6.23. The Bertz CT molecular complexity index is 321. The predicted molar refractivity (Wildman–Crippen MR) is 79.7 cm³/mol. The molecule has 18 heavy (non-hydrogen) atoms. The van der Waals surface area contributed by atoms with E-state index in [9.17, 15) is 0 Å². The number of hydrogen-bond acceptors (Lipinski definition) is 2. The van der Waals surface area contributed by atoms with E-state index in [-0.39, 0.29) is 6.04 Å². The monoisotopic (exact) mass is 248 g/mol. The van der Waals surface area contributed by atoms with E-state index in [4.69, 9.17) is 5.73 Å². The lowest BCUT2D eigenvalue weighted by molar-refractivity contribution is 0.215.